The van der Waals surface area contributed by atoms with Crippen molar-refractivity contribution >= 4 is 44.5 Å². The lowest BCUT2D eigenvalue weighted by Crippen LogP contribution is -2.54. The van der Waals surface area contributed by atoms with Gasteiger partial charge in [-0.1, -0.05) is 13.8 Å². The molecule has 1 unspecified atom stereocenters. The van der Waals surface area contributed by atoms with Crippen LogP contribution in [-0.4, -0.2) is 67.0 Å². The molecule has 0 saturated carbocycles. The third kappa shape index (κ3) is 5.64. The predicted octanol–water partition coefficient (Wildman–Crippen LogP) is 3.83. The lowest BCUT2D eigenvalue weighted by Gasteiger charge is -2.43. The Bertz CT molecular complexity index is 1870. The Morgan fingerprint density at radius 3 is 2.47 bits per heavy atom. The average Bonchev–Trinajstić information content (AvgIpc) is 3.46. The largest absolute Gasteiger partial charge is 0.464 e. The molecule has 0 aliphatic carbocycles. The highest BCUT2D eigenvalue weighted by molar-refractivity contribution is 6.15. The molecule has 2 aromatic heterocycles. The summed E-state index contributed by atoms with van der Waals surface area (Å²) in [6.45, 7) is 9.52. The summed E-state index contributed by atoms with van der Waals surface area (Å²) in [5, 5.41) is 5.93. The average molecular weight is 620 g/mol. The van der Waals surface area contributed by atoms with Crippen LogP contribution >= 0.6 is 0 Å². The van der Waals surface area contributed by atoms with Gasteiger partial charge < -0.3 is 38.3 Å². The Hall–Kier alpha value is -4.42. The molecule has 2 aromatic carbocycles. The van der Waals surface area contributed by atoms with Gasteiger partial charge in [-0.25, -0.2) is 0 Å². The number of aryl methyl sites for hydroxylation is 1. The number of likely N-dealkylation sites (N-methyl/N-ethyl adjacent to an activating group) is 1. The number of nitrogens with zero attached hydrogens (tertiary/aromatic N) is 2. The van der Waals surface area contributed by atoms with Crippen molar-refractivity contribution in [2.75, 3.05) is 27.0 Å². The van der Waals surface area contributed by atoms with Gasteiger partial charge in [0.25, 0.3) is 5.56 Å². The van der Waals surface area contributed by atoms with Crippen LogP contribution in [0.3, 0.4) is 0 Å². The first-order chi connectivity index (χ1) is 21.6. The van der Waals surface area contributed by atoms with E-state index in [1.165, 1.54) is 13.8 Å². The molecule has 12 heteroatoms. The monoisotopic (exact) mass is 619 g/mol. The summed E-state index contributed by atoms with van der Waals surface area (Å²) in [5.74, 6) is 0.471. The summed E-state index contributed by atoms with van der Waals surface area (Å²) in [7, 11) is 1.85. The van der Waals surface area contributed by atoms with Crippen molar-refractivity contribution in [2.24, 2.45) is 11.8 Å². The molecule has 1 N–H and O–H groups in total. The number of fused-ring (bicyclic) bond motifs is 6. The smallest absolute Gasteiger partial charge is 0.303 e. The van der Waals surface area contributed by atoms with Gasteiger partial charge in [0.15, 0.2) is 11.5 Å². The lowest BCUT2D eigenvalue weighted by atomic mass is 9.84. The van der Waals surface area contributed by atoms with Crippen molar-refractivity contribution < 1.29 is 38.0 Å². The minimum Gasteiger partial charge on any atom is -0.464 e. The molecule has 0 bridgehead atoms. The topological polar surface area (TPSA) is 136 Å². The Morgan fingerprint density at radius 1 is 1.00 bits per heavy atom. The number of rotatable bonds is 8. The van der Waals surface area contributed by atoms with Gasteiger partial charge in [-0.15, -0.1) is 0 Å². The minimum absolute atomic E-state index is 0.0884. The SMILES string of the molecule is CNCCn1c(=O)c2cc(C)c(O[C@@H]3O[C@H](COC(C)=O)C(OC(C)=O)[C@H](C)[C@H]3C)cc2c2cnc3cc4c(cc3c21)OCO4. The Labute approximate surface area is 259 Å². The molecule has 238 valence electrons. The van der Waals surface area contributed by atoms with E-state index in [1.54, 1.807) is 10.8 Å². The highest BCUT2D eigenvalue weighted by Crippen LogP contribution is 2.40. The van der Waals surface area contributed by atoms with Crippen LogP contribution in [0.2, 0.25) is 0 Å². The molecule has 0 amide bonds. The van der Waals surface area contributed by atoms with Gasteiger partial charge in [0.2, 0.25) is 13.1 Å². The van der Waals surface area contributed by atoms with Crippen molar-refractivity contribution in [3.8, 4) is 17.2 Å². The Kier molecular flexibility index (Phi) is 8.27. The maximum absolute atomic E-state index is 14.1. The maximum Gasteiger partial charge on any atom is 0.303 e. The van der Waals surface area contributed by atoms with Gasteiger partial charge in [0.05, 0.1) is 11.0 Å². The Morgan fingerprint density at radius 2 is 1.76 bits per heavy atom. The maximum atomic E-state index is 14.1. The van der Waals surface area contributed by atoms with E-state index in [1.807, 2.05) is 52.1 Å². The van der Waals surface area contributed by atoms with Crippen LogP contribution in [-0.2, 0) is 30.3 Å². The summed E-state index contributed by atoms with van der Waals surface area (Å²) >= 11 is 0. The zero-order chi connectivity index (χ0) is 32.0. The number of ether oxygens (including phenoxy) is 6. The van der Waals surface area contributed by atoms with Gasteiger partial charge in [0.1, 0.15) is 24.6 Å². The fourth-order valence-corrected chi connectivity index (χ4v) is 6.18. The van der Waals surface area contributed by atoms with Crippen LogP contribution in [0.15, 0.2) is 35.3 Å². The summed E-state index contributed by atoms with van der Waals surface area (Å²) in [5.41, 5.74) is 2.04. The number of aromatic nitrogens is 2. The zero-order valence-corrected chi connectivity index (χ0v) is 26.2. The number of carbonyl (C=O) groups is 2. The molecule has 2 aliphatic rings. The first-order valence-electron chi connectivity index (χ1n) is 15.0. The van der Waals surface area contributed by atoms with Crippen LogP contribution in [0.25, 0.3) is 32.6 Å². The summed E-state index contributed by atoms with van der Waals surface area (Å²) in [4.78, 5) is 42.3. The Balaban J connectivity index is 1.46. The third-order valence-corrected chi connectivity index (χ3v) is 8.72. The van der Waals surface area contributed by atoms with Crippen molar-refractivity contribution in [2.45, 2.75) is 59.7 Å². The molecule has 6 rings (SSSR count). The molecule has 4 aromatic rings. The van der Waals surface area contributed by atoms with E-state index in [0.29, 0.717) is 46.6 Å². The molecule has 1 saturated heterocycles. The van der Waals surface area contributed by atoms with E-state index in [0.717, 1.165) is 21.9 Å². The zero-order valence-electron chi connectivity index (χ0n) is 26.2. The molecular weight excluding hydrogens is 582 g/mol. The highest BCUT2D eigenvalue weighted by Gasteiger charge is 2.45. The standard InChI is InChI=1S/C33H37N3O9/c1-16-9-22-21(10-26(16)44-33-18(3)17(2)31(43-20(5)38)29(45-33)14-40-19(4)37)24-13-35-25-12-28-27(41-15-42-28)11-23(25)30(24)36(32(22)39)8-7-34-6/h9-13,17-18,29,31,33-34H,7-8,14-15H2,1-6H3/t17-,18-,29-,31?,33-/m1/s1. The van der Waals surface area contributed by atoms with E-state index in [-0.39, 0.29) is 30.8 Å². The van der Waals surface area contributed by atoms with Crippen LogP contribution < -0.4 is 25.1 Å². The molecule has 5 atom stereocenters. The molecule has 4 heterocycles. The fraction of sp³-hybridized carbons (Fsp3) is 0.455. The number of nitrogens with one attached hydrogen (secondary N) is 1. The van der Waals surface area contributed by atoms with Gasteiger partial charge >= 0.3 is 11.9 Å². The number of hydrogen-bond acceptors (Lipinski definition) is 11. The van der Waals surface area contributed by atoms with Crippen molar-refractivity contribution in [1.29, 1.82) is 0 Å². The molecule has 12 nitrogen and oxygen atoms in total. The normalized spacial score (nSPS) is 22.6. The van der Waals surface area contributed by atoms with E-state index in [2.05, 4.69) is 5.32 Å². The van der Waals surface area contributed by atoms with Crippen LogP contribution in [0.5, 0.6) is 17.2 Å². The van der Waals surface area contributed by atoms with Gasteiger partial charge in [-0.05, 0) is 37.7 Å². The molecule has 1 fully saturated rings. The second-order valence-corrected chi connectivity index (χ2v) is 11.7. The van der Waals surface area contributed by atoms with Crippen molar-refractivity contribution in [3.63, 3.8) is 0 Å². The fourth-order valence-electron chi connectivity index (χ4n) is 6.18. The number of esters is 2. The van der Waals surface area contributed by atoms with Crippen LogP contribution in [0.1, 0.15) is 33.3 Å². The first-order valence-corrected chi connectivity index (χ1v) is 15.0. The van der Waals surface area contributed by atoms with E-state index in [9.17, 15) is 14.4 Å². The lowest BCUT2D eigenvalue weighted by molar-refractivity contribution is -0.248. The number of hydrogen-bond donors (Lipinski definition) is 1. The van der Waals surface area contributed by atoms with Crippen LogP contribution in [0, 0.1) is 18.8 Å². The third-order valence-electron chi connectivity index (χ3n) is 8.72. The number of benzene rings is 2. The quantitative estimate of drug-likeness (QED) is 0.228. The van der Waals surface area contributed by atoms with Crippen LogP contribution in [0.4, 0.5) is 0 Å². The molecular formula is C33H37N3O9. The highest BCUT2D eigenvalue weighted by atomic mass is 16.7. The van der Waals surface area contributed by atoms with Crippen molar-refractivity contribution in [1.82, 2.24) is 14.9 Å². The predicted molar refractivity (Wildman–Crippen MR) is 166 cm³/mol. The van der Waals surface area contributed by atoms with Gasteiger partial charge in [-0.2, -0.15) is 0 Å². The molecule has 0 radical (unpaired) electrons. The molecule has 0 spiro atoms. The summed E-state index contributed by atoms with van der Waals surface area (Å²) in [6, 6.07) is 7.40. The first kappa shape index (κ1) is 30.6. The number of carbonyl (C=O) groups excluding carboxylic acids is 2. The van der Waals surface area contributed by atoms with E-state index in [4.69, 9.17) is 33.4 Å². The van der Waals surface area contributed by atoms with E-state index < -0.39 is 30.4 Å². The number of pyridine rings is 2. The second kappa shape index (κ2) is 12.2. The molecule has 2 aliphatic heterocycles. The van der Waals surface area contributed by atoms with Crippen molar-refractivity contribution in [3.05, 3.63) is 46.4 Å². The molecule has 45 heavy (non-hydrogen) atoms. The van der Waals surface area contributed by atoms with Gasteiger partial charge in [0, 0.05) is 72.6 Å². The summed E-state index contributed by atoms with van der Waals surface area (Å²) in [6.07, 6.45) is -0.315. The van der Waals surface area contributed by atoms with E-state index >= 15 is 0 Å². The minimum atomic E-state index is -0.746. The summed E-state index contributed by atoms with van der Waals surface area (Å²) < 4.78 is 36.7. The second-order valence-electron chi connectivity index (χ2n) is 11.7. The van der Waals surface area contributed by atoms with Gasteiger partial charge in [-0.3, -0.25) is 19.4 Å².